The number of methoxy groups -OCH3 is 3. The van der Waals surface area contributed by atoms with Gasteiger partial charge in [-0.3, -0.25) is 0 Å². The van der Waals surface area contributed by atoms with E-state index in [1.807, 2.05) is 23.1 Å². The summed E-state index contributed by atoms with van der Waals surface area (Å²) >= 11 is 0. The molecule has 0 aliphatic carbocycles. The molecule has 1 aromatic rings. The van der Waals surface area contributed by atoms with Crippen molar-refractivity contribution in [3.05, 3.63) is 18.2 Å². The molecular formula is C13H17NO4. The fourth-order valence-electron chi connectivity index (χ4n) is 2.08. The highest BCUT2D eigenvalue weighted by atomic mass is 16.5. The molecule has 98 valence electrons. The number of anilines is 1. The SMILES string of the molecule is COC(=O)C1CCN1c1ccc(OC)cc1OC. The van der Waals surface area contributed by atoms with Gasteiger partial charge in [0.1, 0.15) is 17.5 Å². The van der Waals surface area contributed by atoms with Gasteiger partial charge in [0.15, 0.2) is 0 Å². The molecule has 5 heteroatoms. The second kappa shape index (κ2) is 5.16. The second-order valence-electron chi connectivity index (χ2n) is 4.06. The van der Waals surface area contributed by atoms with Crippen LogP contribution in [0.15, 0.2) is 18.2 Å². The lowest BCUT2D eigenvalue weighted by Gasteiger charge is -2.41. The molecular weight excluding hydrogens is 234 g/mol. The number of hydrogen-bond acceptors (Lipinski definition) is 5. The standard InChI is InChI=1S/C13H17NO4/c1-16-9-4-5-10(12(8-9)17-2)14-7-6-11(14)13(15)18-3/h4-5,8,11H,6-7H2,1-3H3. The molecule has 1 unspecified atom stereocenters. The summed E-state index contributed by atoms with van der Waals surface area (Å²) in [6, 6.07) is 5.34. The molecule has 1 atom stereocenters. The summed E-state index contributed by atoms with van der Waals surface area (Å²) in [5, 5.41) is 0. The van der Waals surface area contributed by atoms with Gasteiger partial charge in [0.25, 0.3) is 0 Å². The molecule has 0 radical (unpaired) electrons. The van der Waals surface area contributed by atoms with Crippen LogP contribution in [0.3, 0.4) is 0 Å². The van der Waals surface area contributed by atoms with Crippen molar-refractivity contribution in [3.63, 3.8) is 0 Å². The first kappa shape index (κ1) is 12.5. The summed E-state index contributed by atoms with van der Waals surface area (Å²) in [7, 11) is 4.62. The average molecular weight is 251 g/mol. The first-order valence-electron chi connectivity index (χ1n) is 5.77. The van der Waals surface area contributed by atoms with Crippen LogP contribution in [0, 0.1) is 0 Å². The Morgan fingerprint density at radius 1 is 1.28 bits per heavy atom. The Bertz CT molecular complexity index is 447. The highest BCUT2D eigenvalue weighted by Gasteiger charge is 2.36. The first-order valence-corrected chi connectivity index (χ1v) is 5.77. The number of esters is 1. The zero-order valence-electron chi connectivity index (χ0n) is 10.8. The molecule has 1 aromatic carbocycles. The van der Waals surface area contributed by atoms with Gasteiger partial charge in [-0.15, -0.1) is 0 Å². The molecule has 5 nitrogen and oxygen atoms in total. The molecule has 2 rings (SSSR count). The molecule has 0 saturated carbocycles. The Morgan fingerprint density at radius 3 is 2.56 bits per heavy atom. The Labute approximate surface area is 106 Å². The van der Waals surface area contributed by atoms with E-state index in [9.17, 15) is 4.79 Å². The summed E-state index contributed by atoms with van der Waals surface area (Å²) < 4.78 is 15.3. The maximum absolute atomic E-state index is 11.6. The van der Waals surface area contributed by atoms with Crippen LogP contribution in [0.4, 0.5) is 5.69 Å². The van der Waals surface area contributed by atoms with E-state index in [4.69, 9.17) is 14.2 Å². The predicted molar refractivity (Wildman–Crippen MR) is 67.3 cm³/mol. The van der Waals surface area contributed by atoms with Gasteiger partial charge in [-0.05, 0) is 18.6 Å². The van der Waals surface area contributed by atoms with Gasteiger partial charge in [-0.25, -0.2) is 4.79 Å². The molecule has 1 heterocycles. The van der Waals surface area contributed by atoms with E-state index in [2.05, 4.69) is 0 Å². The van der Waals surface area contributed by atoms with Gasteiger partial charge in [-0.1, -0.05) is 0 Å². The molecule has 0 amide bonds. The van der Waals surface area contributed by atoms with Crippen LogP contribution in [-0.4, -0.2) is 39.9 Å². The number of carbonyl (C=O) groups is 1. The molecule has 0 spiro atoms. The maximum atomic E-state index is 11.6. The third-order valence-electron chi connectivity index (χ3n) is 3.19. The van der Waals surface area contributed by atoms with E-state index < -0.39 is 0 Å². The minimum atomic E-state index is -0.211. The fourth-order valence-corrected chi connectivity index (χ4v) is 2.08. The number of nitrogens with zero attached hydrogens (tertiary/aromatic N) is 1. The Morgan fingerprint density at radius 2 is 2.06 bits per heavy atom. The Kier molecular flexibility index (Phi) is 3.60. The number of ether oxygens (including phenoxy) is 3. The minimum Gasteiger partial charge on any atom is -0.497 e. The number of hydrogen-bond donors (Lipinski definition) is 0. The molecule has 1 aliphatic rings. The van der Waals surface area contributed by atoms with Crippen molar-refractivity contribution in [3.8, 4) is 11.5 Å². The molecule has 1 fully saturated rings. The second-order valence-corrected chi connectivity index (χ2v) is 4.06. The van der Waals surface area contributed by atoms with Gasteiger partial charge in [-0.2, -0.15) is 0 Å². The van der Waals surface area contributed by atoms with Crippen molar-refractivity contribution in [2.75, 3.05) is 32.8 Å². The topological polar surface area (TPSA) is 48.0 Å². The van der Waals surface area contributed by atoms with Gasteiger partial charge in [0.2, 0.25) is 0 Å². The third-order valence-corrected chi connectivity index (χ3v) is 3.19. The van der Waals surface area contributed by atoms with Crippen LogP contribution in [0.2, 0.25) is 0 Å². The number of rotatable bonds is 4. The maximum Gasteiger partial charge on any atom is 0.328 e. The van der Waals surface area contributed by atoms with E-state index in [1.54, 1.807) is 14.2 Å². The number of carbonyl (C=O) groups excluding carboxylic acids is 1. The van der Waals surface area contributed by atoms with E-state index >= 15 is 0 Å². The fraction of sp³-hybridized carbons (Fsp3) is 0.462. The highest BCUT2D eigenvalue weighted by molar-refractivity contribution is 5.83. The van der Waals surface area contributed by atoms with Crippen LogP contribution >= 0.6 is 0 Å². The highest BCUT2D eigenvalue weighted by Crippen LogP contribution is 2.37. The normalized spacial score (nSPS) is 17.9. The predicted octanol–water partition coefficient (Wildman–Crippen LogP) is 1.46. The summed E-state index contributed by atoms with van der Waals surface area (Å²) in [5.41, 5.74) is 0.889. The quantitative estimate of drug-likeness (QED) is 0.758. The van der Waals surface area contributed by atoms with Crippen LogP contribution in [0.25, 0.3) is 0 Å². The summed E-state index contributed by atoms with van der Waals surface area (Å²) in [4.78, 5) is 13.5. The lowest BCUT2D eigenvalue weighted by molar-refractivity contribution is -0.143. The van der Waals surface area contributed by atoms with Crippen molar-refractivity contribution in [1.29, 1.82) is 0 Å². The summed E-state index contributed by atoms with van der Waals surface area (Å²) in [6.07, 6.45) is 0.807. The van der Waals surface area contributed by atoms with Gasteiger partial charge >= 0.3 is 5.97 Å². The summed E-state index contributed by atoms with van der Waals surface area (Å²) in [5.74, 6) is 1.22. The average Bonchev–Trinajstić information content (AvgIpc) is 2.37. The van der Waals surface area contributed by atoms with Crippen molar-refractivity contribution >= 4 is 11.7 Å². The molecule has 0 aromatic heterocycles. The molecule has 0 N–H and O–H groups in total. The van der Waals surface area contributed by atoms with Crippen LogP contribution in [0.5, 0.6) is 11.5 Å². The third kappa shape index (κ3) is 2.08. The van der Waals surface area contributed by atoms with Crippen molar-refractivity contribution in [2.24, 2.45) is 0 Å². The van der Waals surface area contributed by atoms with Gasteiger partial charge in [0.05, 0.1) is 27.0 Å². The molecule has 1 aliphatic heterocycles. The number of benzene rings is 1. The minimum absolute atomic E-state index is 0.209. The van der Waals surface area contributed by atoms with Crippen LogP contribution < -0.4 is 14.4 Å². The van der Waals surface area contributed by atoms with E-state index in [-0.39, 0.29) is 12.0 Å². The Hall–Kier alpha value is -1.91. The molecule has 18 heavy (non-hydrogen) atoms. The lowest BCUT2D eigenvalue weighted by atomic mass is 10.0. The van der Waals surface area contributed by atoms with E-state index in [0.29, 0.717) is 5.75 Å². The van der Waals surface area contributed by atoms with E-state index in [0.717, 1.165) is 24.4 Å². The van der Waals surface area contributed by atoms with Crippen LogP contribution in [0.1, 0.15) is 6.42 Å². The summed E-state index contributed by atoms with van der Waals surface area (Å²) in [6.45, 7) is 0.822. The Balaban J connectivity index is 2.25. The first-order chi connectivity index (χ1) is 8.71. The zero-order valence-corrected chi connectivity index (χ0v) is 10.8. The van der Waals surface area contributed by atoms with Crippen molar-refractivity contribution < 1.29 is 19.0 Å². The van der Waals surface area contributed by atoms with Gasteiger partial charge < -0.3 is 19.1 Å². The zero-order chi connectivity index (χ0) is 13.1. The van der Waals surface area contributed by atoms with Crippen molar-refractivity contribution in [2.45, 2.75) is 12.5 Å². The molecule has 0 bridgehead atoms. The van der Waals surface area contributed by atoms with Crippen molar-refractivity contribution in [1.82, 2.24) is 0 Å². The van der Waals surface area contributed by atoms with Gasteiger partial charge in [0, 0.05) is 12.6 Å². The molecule has 1 saturated heterocycles. The monoisotopic (exact) mass is 251 g/mol. The van der Waals surface area contributed by atoms with Crippen LogP contribution in [-0.2, 0) is 9.53 Å². The lowest BCUT2D eigenvalue weighted by Crippen LogP contribution is -2.53. The van der Waals surface area contributed by atoms with E-state index in [1.165, 1.54) is 7.11 Å². The smallest absolute Gasteiger partial charge is 0.328 e. The largest absolute Gasteiger partial charge is 0.497 e.